The molecular weight excluding hydrogens is 214 g/mol. The molecule has 0 amide bonds. The van der Waals surface area contributed by atoms with E-state index < -0.39 is 0 Å². The number of carbonyl (C=O) groups excluding carboxylic acids is 1. The third kappa shape index (κ3) is 1.75. The number of fused-ring (bicyclic) bond motifs is 1. The van der Waals surface area contributed by atoms with Gasteiger partial charge in [0.2, 0.25) is 0 Å². The van der Waals surface area contributed by atoms with E-state index in [2.05, 4.69) is 4.90 Å². The molecule has 0 spiro atoms. The summed E-state index contributed by atoms with van der Waals surface area (Å²) in [5, 5.41) is 0. The van der Waals surface area contributed by atoms with Crippen LogP contribution in [0.5, 0.6) is 0 Å². The minimum atomic E-state index is -0.255. The number of hydrogen-bond donors (Lipinski definition) is 0. The topological polar surface area (TPSA) is 29.5 Å². The number of hydrogen-bond acceptors (Lipinski definition) is 3. The lowest BCUT2D eigenvalue weighted by Gasteiger charge is -2.45. The van der Waals surface area contributed by atoms with Crippen LogP contribution < -0.4 is 0 Å². The summed E-state index contributed by atoms with van der Waals surface area (Å²) in [6.45, 7) is 2.51. The fraction of sp³-hybridized carbons (Fsp3) is 0.500. The molecule has 3 rings (SSSR count). The van der Waals surface area contributed by atoms with Gasteiger partial charge in [-0.05, 0) is 31.4 Å². The van der Waals surface area contributed by atoms with Crippen molar-refractivity contribution in [2.24, 2.45) is 0 Å². The Balaban J connectivity index is 1.61. The number of carbonyl (C=O) groups is 1. The lowest BCUT2D eigenvalue weighted by atomic mass is 9.85. The average Bonchev–Trinajstić information content (AvgIpc) is 2.64. The molecule has 3 heteroatoms. The number of ether oxygens (including phenoxy) is 1. The molecule has 0 N–H and O–H groups in total. The number of rotatable bonds is 3. The summed E-state index contributed by atoms with van der Waals surface area (Å²) >= 11 is 0. The van der Waals surface area contributed by atoms with Gasteiger partial charge in [-0.15, -0.1) is 0 Å². The van der Waals surface area contributed by atoms with Crippen molar-refractivity contribution in [3.8, 4) is 0 Å². The zero-order valence-electron chi connectivity index (χ0n) is 9.89. The fourth-order valence-electron chi connectivity index (χ4n) is 2.90. The van der Waals surface area contributed by atoms with Crippen LogP contribution in [0, 0.1) is 0 Å². The van der Waals surface area contributed by atoms with Crippen molar-refractivity contribution < 1.29 is 9.53 Å². The van der Waals surface area contributed by atoms with Crippen molar-refractivity contribution in [2.75, 3.05) is 13.1 Å². The zero-order valence-corrected chi connectivity index (χ0v) is 9.89. The van der Waals surface area contributed by atoms with Gasteiger partial charge in [-0.25, -0.2) is 0 Å². The number of nitrogens with zero attached hydrogens (tertiary/aromatic N) is 1. The highest BCUT2D eigenvalue weighted by atomic mass is 16.5. The second kappa shape index (κ2) is 4.15. The predicted octanol–water partition coefficient (Wildman–Crippen LogP) is 1.97. The highest BCUT2D eigenvalue weighted by Gasteiger charge is 2.54. The van der Waals surface area contributed by atoms with Crippen LogP contribution in [0.15, 0.2) is 30.3 Å². The summed E-state index contributed by atoms with van der Waals surface area (Å²) in [5.41, 5.74) is 0.801. The van der Waals surface area contributed by atoms with Crippen molar-refractivity contribution in [1.82, 2.24) is 4.90 Å². The van der Waals surface area contributed by atoms with Crippen LogP contribution in [0.3, 0.4) is 0 Å². The van der Waals surface area contributed by atoms with Gasteiger partial charge in [-0.3, -0.25) is 9.69 Å². The molecule has 0 saturated carbocycles. The summed E-state index contributed by atoms with van der Waals surface area (Å²) in [5.74, 6) is -0.0231. The quantitative estimate of drug-likeness (QED) is 0.745. The summed E-state index contributed by atoms with van der Waals surface area (Å²) < 4.78 is 5.46. The first-order valence-electron chi connectivity index (χ1n) is 6.27. The van der Waals surface area contributed by atoms with E-state index in [1.165, 1.54) is 0 Å². The van der Waals surface area contributed by atoms with Gasteiger partial charge in [0.15, 0.2) is 0 Å². The third-order valence-electron chi connectivity index (χ3n) is 4.01. The molecule has 1 unspecified atom stereocenters. The van der Waals surface area contributed by atoms with E-state index in [0.29, 0.717) is 6.61 Å². The van der Waals surface area contributed by atoms with Crippen molar-refractivity contribution >= 4 is 5.97 Å². The molecule has 3 nitrogen and oxygen atoms in total. The largest absolute Gasteiger partial charge is 0.459 e. The van der Waals surface area contributed by atoms with Crippen LogP contribution in [0.4, 0.5) is 0 Å². The fourth-order valence-corrected chi connectivity index (χ4v) is 2.90. The van der Waals surface area contributed by atoms with Gasteiger partial charge in [-0.2, -0.15) is 0 Å². The molecule has 1 aromatic carbocycles. The lowest BCUT2D eigenvalue weighted by molar-refractivity contribution is -0.165. The van der Waals surface area contributed by atoms with E-state index in [1.807, 2.05) is 30.3 Å². The molecule has 2 fully saturated rings. The maximum Gasteiger partial charge on any atom is 0.326 e. The molecule has 0 radical (unpaired) electrons. The summed E-state index contributed by atoms with van der Waals surface area (Å²) in [4.78, 5) is 14.4. The van der Waals surface area contributed by atoms with Crippen molar-refractivity contribution in [1.29, 1.82) is 0 Å². The molecule has 2 aliphatic heterocycles. The van der Waals surface area contributed by atoms with E-state index >= 15 is 0 Å². The Morgan fingerprint density at radius 3 is 2.71 bits per heavy atom. The maximum absolute atomic E-state index is 12.1. The lowest BCUT2D eigenvalue weighted by Crippen LogP contribution is -2.61. The summed E-state index contributed by atoms with van der Waals surface area (Å²) in [7, 11) is 0. The Kier molecular flexibility index (Phi) is 2.63. The van der Waals surface area contributed by atoms with E-state index in [1.54, 1.807) is 0 Å². The molecule has 0 bridgehead atoms. The maximum atomic E-state index is 12.1. The van der Waals surface area contributed by atoms with Gasteiger partial charge in [0.05, 0.1) is 0 Å². The summed E-state index contributed by atoms with van der Waals surface area (Å²) in [6, 6.07) is 9.87. The van der Waals surface area contributed by atoms with E-state index in [0.717, 1.165) is 37.9 Å². The van der Waals surface area contributed by atoms with E-state index in [4.69, 9.17) is 4.74 Å². The monoisotopic (exact) mass is 231 g/mol. The SMILES string of the molecule is O=C(OCc1ccccc1)C12CCCN1CC2. The first-order valence-corrected chi connectivity index (χ1v) is 6.27. The van der Waals surface area contributed by atoms with Crippen LogP contribution in [0.1, 0.15) is 24.8 Å². The van der Waals surface area contributed by atoms with Gasteiger partial charge in [0, 0.05) is 6.54 Å². The Bertz CT molecular complexity index is 417. The first-order chi connectivity index (χ1) is 8.31. The van der Waals surface area contributed by atoms with Crippen LogP contribution in [-0.4, -0.2) is 29.5 Å². The molecule has 0 aromatic heterocycles. The van der Waals surface area contributed by atoms with Gasteiger partial charge >= 0.3 is 5.97 Å². The number of esters is 1. The van der Waals surface area contributed by atoms with Crippen molar-refractivity contribution in [3.05, 3.63) is 35.9 Å². The van der Waals surface area contributed by atoms with E-state index in [-0.39, 0.29) is 11.5 Å². The molecule has 1 aromatic rings. The predicted molar refractivity (Wildman–Crippen MR) is 64.4 cm³/mol. The Hall–Kier alpha value is -1.35. The molecule has 17 heavy (non-hydrogen) atoms. The molecule has 2 heterocycles. The number of benzene rings is 1. The van der Waals surface area contributed by atoms with Crippen LogP contribution in [0.2, 0.25) is 0 Å². The molecule has 0 aliphatic carbocycles. The van der Waals surface area contributed by atoms with Gasteiger partial charge in [-0.1, -0.05) is 30.3 Å². The van der Waals surface area contributed by atoms with Crippen molar-refractivity contribution in [3.63, 3.8) is 0 Å². The van der Waals surface area contributed by atoms with Crippen molar-refractivity contribution in [2.45, 2.75) is 31.4 Å². The van der Waals surface area contributed by atoms with E-state index in [9.17, 15) is 4.79 Å². The van der Waals surface area contributed by atoms with Gasteiger partial charge < -0.3 is 4.74 Å². The molecule has 2 aliphatic rings. The zero-order chi connectivity index (χ0) is 11.7. The summed E-state index contributed by atoms with van der Waals surface area (Å²) in [6.07, 6.45) is 3.07. The standard InChI is InChI=1S/C14H17NO2/c16-13(14-7-4-9-15(14)10-8-14)17-11-12-5-2-1-3-6-12/h1-3,5-6H,4,7-11H2. The Morgan fingerprint density at radius 2 is 2.06 bits per heavy atom. The van der Waals surface area contributed by atoms with Gasteiger partial charge in [0.1, 0.15) is 12.1 Å². The highest BCUT2D eigenvalue weighted by Crippen LogP contribution is 2.41. The second-order valence-electron chi connectivity index (χ2n) is 4.93. The average molecular weight is 231 g/mol. The Labute approximate surface area is 101 Å². The highest BCUT2D eigenvalue weighted by molar-refractivity contribution is 5.82. The molecular formula is C14H17NO2. The van der Waals surface area contributed by atoms with Crippen LogP contribution in [0.25, 0.3) is 0 Å². The molecule has 2 saturated heterocycles. The van der Waals surface area contributed by atoms with Crippen LogP contribution in [-0.2, 0) is 16.1 Å². The third-order valence-corrected chi connectivity index (χ3v) is 4.01. The smallest absolute Gasteiger partial charge is 0.326 e. The van der Waals surface area contributed by atoms with Crippen LogP contribution >= 0.6 is 0 Å². The first kappa shape index (κ1) is 10.8. The molecule has 90 valence electrons. The normalized spacial score (nSPS) is 27.3. The minimum absolute atomic E-state index is 0.0231. The Morgan fingerprint density at radius 1 is 1.24 bits per heavy atom. The second-order valence-corrected chi connectivity index (χ2v) is 4.93. The molecule has 1 atom stereocenters. The van der Waals surface area contributed by atoms with Gasteiger partial charge in [0.25, 0.3) is 0 Å². The minimum Gasteiger partial charge on any atom is -0.459 e.